The molecule has 0 amide bonds. The highest BCUT2D eigenvalue weighted by Gasteiger charge is 2.14. The lowest BCUT2D eigenvalue weighted by atomic mass is 10.0. The van der Waals surface area contributed by atoms with Crippen molar-refractivity contribution in [3.05, 3.63) is 22.4 Å². The van der Waals surface area contributed by atoms with Crippen molar-refractivity contribution in [3.8, 4) is 0 Å². The number of carbonyl (C=O) groups is 1. The number of hydrogen-bond donors (Lipinski definition) is 0. The van der Waals surface area contributed by atoms with Gasteiger partial charge in [-0.25, -0.2) is 0 Å². The summed E-state index contributed by atoms with van der Waals surface area (Å²) >= 11 is 1.70. The van der Waals surface area contributed by atoms with Crippen LogP contribution in [-0.2, 0) is 9.53 Å². The normalized spacial score (nSPS) is 12.5. The highest BCUT2D eigenvalue weighted by atomic mass is 32.1. The first-order valence-corrected chi connectivity index (χ1v) is 5.26. The second-order valence-electron chi connectivity index (χ2n) is 2.90. The number of methoxy groups -OCH3 is 1. The summed E-state index contributed by atoms with van der Waals surface area (Å²) in [4.78, 5) is 12.3. The smallest absolute Gasteiger partial charge is 0.306 e. The van der Waals surface area contributed by atoms with Gasteiger partial charge in [0.15, 0.2) is 0 Å². The van der Waals surface area contributed by atoms with Crippen molar-refractivity contribution in [3.63, 3.8) is 0 Å². The van der Waals surface area contributed by atoms with Gasteiger partial charge in [-0.05, 0) is 17.9 Å². The summed E-state index contributed by atoms with van der Waals surface area (Å²) < 4.78 is 4.65. The van der Waals surface area contributed by atoms with Gasteiger partial charge in [0.1, 0.15) is 0 Å². The van der Waals surface area contributed by atoms with E-state index in [1.807, 2.05) is 11.4 Å². The fraction of sp³-hybridized carbons (Fsp3) is 0.500. The molecule has 3 heteroatoms. The van der Waals surface area contributed by atoms with Crippen molar-refractivity contribution in [2.75, 3.05) is 7.11 Å². The quantitative estimate of drug-likeness (QED) is 0.695. The molecule has 0 bridgehead atoms. The standard InChI is InChI=1S/C10H14O2S/c1-3-8(7-10(11)12-2)9-5-4-6-13-9/h4-6,8H,3,7H2,1-2H3. The third kappa shape index (κ3) is 2.84. The summed E-state index contributed by atoms with van der Waals surface area (Å²) in [7, 11) is 1.43. The molecule has 0 radical (unpaired) electrons. The van der Waals surface area contributed by atoms with Crippen LogP contribution in [0.4, 0.5) is 0 Å². The van der Waals surface area contributed by atoms with Crippen LogP contribution in [0, 0.1) is 0 Å². The third-order valence-corrected chi connectivity index (χ3v) is 3.11. The molecule has 0 aromatic carbocycles. The van der Waals surface area contributed by atoms with E-state index in [0.29, 0.717) is 12.3 Å². The first kappa shape index (κ1) is 10.3. The van der Waals surface area contributed by atoms with Crippen LogP contribution >= 0.6 is 11.3 Å². The minimum atomic E-state index is -0.125. The molecular weight excluding hydrogens is 184 g/mol. The predicted octanol–water partition coefficient (Wildman–Crippen LogP) is 2.80. The van der Waals surface area contributed by atoms with Crippen molar-refractivity contribution < 1.29 is 9.53 Å². The third-order valence-electron chi connectivity index (χ3n) is 2.08. The van der Waals surface area contributed by atoms with Crippen LogP contribution in [-0.4, -0.2) is 13.1 Å². The lowest BCUT2D eigenvalue weighted by Gasteiger charge is -2.10. The van der Waals surface area contributed by atoms with Gasteiger partial charge >= 0.3 is 5.97 Å². The fourth-order valence-electron chi connectivity index (χ4n) is 1.25. The molecule has 0 saturated heterocycles. The van der Waals surface area contributed by atoms with Crippen molar-refractivity contribution >= 4 is 17.3 Å². The molecule has 0 aliphatic carbocycles. The topological polar surface area (TPSA) is 26.3 Å². The number of hydrogen-bond acceptors (Lipinski definition) is 3. The Morgan fingerprint density at radius 2 is 2.46 bits per heavy atom. The Bertz CT molecular complexity index is 254. The van der Waals surface area contributed by atoms with Crippen LogP contribution in [0.3, 0.4) is 0 Å². The maximum absolute atomic E-state index is 11.1. The van der Waals surface area contributed by atoms with Gasteiger partial charge in [0.05, 0.1) is 13.5 Å². The lowest BCUT2D eigenvalue weighted by molar-refractivity contribution is -0.141. The second kappa shape index (κ2) is 5.02. The molecule has 0 fully saturated rings. The maximum Gasteiger partial charge on any atom is 0.306 e. The molecule has 0 saturated carbocycles. The first-order valence-electron chi connectivity index (χ1n) is 4.38. The van der Waals surface area contributed by atoms with Crippen molar-refractivity contribution in [2.24, 2.45) is 0 Å². The predicted molar refractivity (Wildman–Crippen MR) is 54.0 cm³/mol. The molecule has 2 nitrogen and oxygen atoms in total. The molecule has 1 atom stereocenters. The van der Waals surface area contributed by atoms with E-state index in [-0.39, 0.29) is 5.97 Å². The highest BCUT2D eigenvalue weighted by Crippen LogP contribution is 2.27. The zero-order chi connectivity index (χ0) is 9.68. The number of carbonyl (C=O) groups excluding carboxylic acids is 1. The summed E-state index contributed by atoms with van der Waals surface area (Å²) in [6.45, 7) is 2.09. The summed E-state index contributed by atoms with van der Waals surface area (Å²) in [5.74, 6) is 0.202. The first-order chi connectivity index (χ1) is 6.27. The fourth-order valence-corrected chi connectivity index (χ4v) is 2.17. The summed E-state index contributed by atoms with van der Waals surface area (Å²) in [5.41, 5.74) is 0. The Labute approximate surface area is 82.5 Å². The van der Waals surface area contributed by atoms with Gasteiger partial charge < -0.3 is 4.74 Å². The number of thiophene rings is 1. The van der Waals surface area contributed by atoms with E-state index in [2.05, 4.69) is 17.7 Å². The van der Waals surface area contributed by atoms with Gasteiger partial charge in [0.25, 0.3) is 0 Å². The van der Waals surface area contributed by atoms with E-state index in [0.717, 1.165) is 6.42 Å². The van der Waals surface area contributed by atoms with E-state index in [4.69, 9.17) is 0 Å². The zero-order valence-electron chi connectivity index (χ0n) is 7.95. The largest absolute Gasteiger partial charge is 0.469 e. The molecule has 0 N–H and O–H groups in total. The highest BCUT2D eigenvalue weighted by molar-refractivity contribution is 7.10. The molecule has 0 spiro atoms. The van der Waals surface area contributed by atoms with Gasteiger partial charge in [-0.2, -0.15) is 0 Å². The Morgan fingerprint density at radius 1 is 1.69 bits per heavy atom. The zero-order valence-corrected chi connectivity index (χ0v) is 8.76. The number of rotatable bonds is 4. The molecule has 13 heavy (non-hydrogen) atoms. The second-order valence-corrected chi connectivity index (χ2v) is 3.88. The molecule has 0 aliphatic rings. The SMILES string of the molecule is CCC(CC(=O)OC)c1cccs1. The Morgan fingerprint density at radius 3 is 2.92 bits per heavy atom. The van der Waals surface area contributed by atoms with Gasteiger partial charge in [0.2, 0.25) is 0 Å². The average Bonchev–Trinajstić information content (AvgIpc) is 2.66. The maximum atomic E-state index is 11.1. The average molecular weight is 198 g/mol. The summed E-state index contributed by atoms with van der Waals surface area (Å²) in [6.07, 6.45) is 1.48. The van der Waals surface area contributed by atoms with Gasteiger partial charge in [-0.15, -0.1) is 11.3 Å². The molecule has 1 aromatic heterocycles. The number of ether oxygens (including phenoxy) is 1. The Balaban J connectivity index is 2.58. The summed E-state index contributed by atoms with van der Waals surface area (Å²) in [6, 6.07) is 4.09. The van der Waals surface area contributed by atoms with Gasteiger partial charge in [0, 0.05) is 10.8 Å². The molecule has 1 rings (SSSR count). The van der Waals surface area contributed by atoms with E-state index < -0.39 is 0 Å². The van der Waals surface area contributed by atoms with Crippen LogP contribution < -0.4 is 0 Å². The Hall–Kier alpha value is -0.830. The van der Waals surface area contributed by atoms with E-state index in [9.17, 15) is 4.79 Å². The molecule has 72 valence electrons. The van der Waals surface area contributed by atoms with Crippen LogP contribution in [0.15, 0.2) is 17.5 Å². The van der Waals surface area contributed by atoms with E-state index in [1.165, 1.54) is 12.0 Å². The minimum Gasteiger partial charge on any atom is -0.469 e. The van der Waals surface area contributed by atoms with E-state index in [1.54, 1.807) is 11.3 Å². The van der Waals surface area contributed by atoms with Crippen LogP contribution in [0.2, 0.25) is 0 Å². The van der Waals surface area contributed by atoms with Crippen molar-refractivity contribution in [2.45, 2.75) is 25.7 Å². The molecule has 1 unspecified atom stereocenters. The van der Waals surface area contributed by atoms with Crippen molar-refractivity contribution in [1.82, 2.24) is 0 Å². The van der Waals surface area contributed by atoms with Crippen molar-refractivity contribution in [1.29, 1.82) is 0 Å². The molecule has 1 aromatic rings. The van der Waals surface area contributed by atoms with E-state index >= 15 is 0 Å². The van der Waals surface area contributed by atoms with Crippen LogP contribution in [0.5, 0.6) is 0 Å². The lowest BCUT2D eigenvalue weighted by Crippen LogP contribution is -2.06. The van der Waals surface area contributed by atoms with Crippen LogP contribution in [0.25, 0.3) is 0 Å². The molecule has 0 aliphatic heterocycles. The molecule has 1 heterocycles. The summed E-state index contributed by atoms with van der Waals surface area (Å²) in [5, 5.41) is 2.04. The van der Waals surface area contributed by atoms with Crippen LogP contribution in [0.1, 0.15) is 30.6 Å². The van der Waals surface area contributed by atoms with Gasteiger partial charge in [-0.1, -0.05) is 13.0 Å². The minimum absolute atomic E-state index is 0.125. The monoisotopic (exact) mass is 198 g/mol. The van der Waals surface area contributed by atoms with Gasteiger partial charge in [-0.3, -0.25) is 4.79 Å². The molecular formula is C10H14O2S. The number of esters is 1. The Kier molecular flexibility index (Phi) is 3.96.